The summed E-state index contributed by atoms with van der Waals surface area (Å²) in [4.78, 5) is 46.5. The number of aryl methyl sites for hydroxylation is 6. The maximum Gasteiger partial charge on any atom is 0.356 e. The van der Waals surface area contributed by atoms with Crippen LogP contribution in [0.5, 0.6) is 0 Å². The van der Waals surface area contributed by atoms with E-state index in [1.165, 1.54) is 12.7 Å². The summed E-state index contributed by atoms with van der Waals surface area (Å²) in [7, 11) is 1.34. The van der Waals surface area contributed by atoms with Gasteiger partial charge in [0.2, 0.25) is 0 Å². The monoisotopic (exact) mass is 653 g/mol. The summed E-state index contributed by atoms with van der Waals surface area (Å²) in [6, 6.07) is 5.52. The van der Waals surface area contributed by atoms with Gasteiger partial charge >= 0.3 is 5.97 Å². The summed E-state index contributed by atoms with van der Waals surface area (Å²) in [5.41, 5.74) is 8.47. The van der Waals surface area contributed by atoms with Crippen molar-refractivity contribution in [1.82, 2.24) is 44.9 Å². The number of carbonyl (C=O) groups is 1. The van der Waals surface area contributed by atoms with E-state index in [0.717, 1.165) is 74.7 Å². The molecule has 0 saturated carbocycles. The number of H-pyrrole nitrogens is 3. The third-order valence-electron chi connectivity index (χ3n) is 6.46. The van der Waals surface area contributed by atoms with Crippen molar-refractivity contribution < 1.29 is 9.53 Å². The normalized spacial score (nSPS) is 10.9. The third-order valence-corrected chi connectivity index (χ3v) is 7.06. The van der Waals surface area contributed by atoms with E-state index in [1.54, 1.807) is 6.07 Å². The lowest BCUT2D eigenvalue weighted by Crippen LogP contribution is -2.04. The van der Waals surface area contributed by atoms with Crippen LogP contribution in [0.3, 0.4) is 0 Å². The minimum Gasteiger partial charge on any atom is -0.464 e. The molecule has 0 radical (unpaired) electrons. The Kier molecular flexibility index (Phi) is 9.89. The van der Waals surface area contributed by atoms with Crippen LogP contribution in [0.2, 0.25) is 5.15 Å². The van der Waals surface area contributed by atoms with Gasteiger partial charge < -0.3 is 19.7 Å². The third kappa shape index (κ3) is 6.93. The maximum atomic E-state index is 11.4. The number of carbonyl (C=O) groups excluding carboxylic acids is 1. The van der Waals surface area contributed by atoms with Crippen molar-refractivity contribution in [3.63, 3.8) is 0 Å². The predicted octanol–water partition coefficient (Wildman–Crippen LogP) is 6.69. The fraction of sp³-hybridized carbons (Fsp3) is 0.345. The molecule has 0 amide bonds. The Morgan fingerprint density at radius 3 is 1.62 bits per heavy atom. The number of halogens is 2. The van der Waals surface area contributed by atoms with Gasteiger partial charge in [-0.2, -0.15) is 0 Å². The van der Waals surface area contributed by atoms with E-state index >= 15 is 0 Å². The fourth-order valence-corrected chi connectivity index (χ4v) is 4.96. The van der Waals surface area contributed by atoms with Gasteiger partial charge in [0.1, 0.15) is 27.2 Å². The van der Waals surface area contributed by atoms with Crippen molar-refractivity contribution >= 4 is 67.0 Å². The highest BCUT2D eigenvalue weighted by Crippen LogP contribution is 2.20. The number of hydrogen-bond acceptors (Lipinski definition) is 8. The highest BCUT2D eigenvalue weighted by molar-refractivity contribution is 9.10. The average Bonchev–Trinajstić information content (AvgIpc) is 3.69. The number of nitrogens with one attached hydrogen (secondary N) is 3. The van der Waals surface area contributed by atoms with E-state index in [2.05, 4.69) is 79.4 Å². The molecule has 0 bridgehead atoms. The van der Waals surface area contributed by atoms with Crippen LogP contribution in [0.4, 0.5) is 0 Å². The lowest BCUT2D eigenvalue weighted by Gasteiger charge is -2.00. The zero-order chi connectivity index (χ0) is 30.6. The van der Waals surface area contributed by atoms with Crippen molar-refractivity contribution in [1.29, 1.82) is 0 Å². The van der Waals surface area contributed by atoms with Crippen LogP contribution in [-0.4, -0.2) is 57.9 Å². The van der Waals surface area contributed by atoms with Crippen LogP contribution in [-0.2, 0) is 24.0 Å². The van der Waals surface area contributed by atoms with Gasteiger partial charge in [-0.3, -0.25) is 0 Å². The van der Waals surface area contributed by atoms with E-state index in [4.69, 9.17) is 11.6 Å². The molecule has 0 saturated heterocycles. The van der Waals surface area contributed by atoms with Crippen LogP contribution >= 0.6 is 27.5 Å². The molecule has 0 aliphatic carbocycles. The van der Waals surface area contributed by atoms with E-state index in [9.17, 15) is 4.79 Å². The minimum atomic E-state index is -0.439. The molecule has 42 heavy (non-hydrogen) atoms. The van der Waals surface area contributed by atoms with E-state index < -0.39 is 5.97 Å². The highest BCUT2D eigenvalue weighted by Gasteiger charge is 2.13. The number of hydrogen-bond donors (Lipinski definition) is 3. The fourth-order valence-electron chi connectivity index (χ4n) is 4.21. The first-order valence-electron chi connectivity index (χ1n) is 13.5. The zero-order valence-corrected chi connectivity index (χ0v) is 27.0. The molecule has 6 aromatic heterocycles. The molecule has 13 heteroatoms. The van der Waals surface area contributed by atoms with Gasteiger partial charge in [-0.1, -0.05) is 32.4 Å². The maximum absolute atomic E-state index is 11.4. The van der Waals surface area contributed by atoms with Gasteiger partial charge in [0, 0.05) is 19.3 Å². The van der Waals surface area contributed by atoms with Gasteiger partial charge in [0.15, 0.2) is 22.6 Å². The second kappa shape index (κ2) is 13.4. The lowest BCUT2D eigenvalue weighted by molar-refractivity contribution is 0.0594. The summed E-state index contributed by atoms with van der Waals surface area (Å²) in [6.45, 7) is 12.1. The molecule has 6 heterocycles. The van der Waals surface area contributed by atoms with Crippen LogP contribution in [0, 0.1) is 20.8 Å². The summed E-state index contributed by atoms with van der Waals surface area (Å²) >= 11 is 9.16. The van der Waals surface area contributed by atoms with Crippen LogP contribution in [0.25, 0.3) is 33.5 Å². The van der Waals surface area contributed by atoms with Gasteiger partial charge in [-0.25, -0.2) is 34.7 Å². The number of aromatic amines is 3. The topological polar surface area (TPSA) is 151 Å². The predicted molar refractivity (Wildman–Crippen MR) is 168 cm³/mol. The largest absolute Gasteiger partial charge is 0.464 e. The molecular weight excluding hydrogens is 622 g/mol. The molecule has 0 aromatic carbocycles. The van der Waals surface area contributed by atoms with E-state index in [1.807, 2.05) is 39.8 Å². The molecule has 0 aliphatic heterocycles. The van der Waals surface area contributed by atoms with Crippen molar-refractivity contribution in [3.8, 4) is 0 Å². The Bertz CT molecular complexity index is 1790. The summed E-state index contributed by atoms with van der Waals surface area (Å²) in [5, 5.41) is 0.499. The molecule has 0 unspecified atom stereocenters. The molecule has 6 aromatic rings. The van der Waals surface area contributed by atoms with Crippen LogP contribution in [0.1, 0.15) is 65.4 Å². The Hall–Kier alpha value is -3.90. The second-order valence-electron chi connectivity index (χ2n) is 9.55. The van der Waals surface area contributed by atoms with E-state index in [0.29, 0.717) is 22.1 Å². The number of pyridine rings is 3. The van der Waals surface area contributed by atoms with Gasteiger partial charge in [0.05, 0.1) is 23.7 Å². The molecule has 0 spiro atoms. The van der Waals surface area contributed by atoms with Crippen molar-refractivity contribution in [2.24, 2.45) is 0 Å². The Morgan fingerprint density at radius 1 is 0.714 bits per heavy atom. The molecule has 0 fully saturated rings. The Morgan fingerprint density at radius 2 is 1.14 bits per heavy atom. The molecule has 220 valence electrons. The molecule has 0 aliphatic rings. The van der Waals surface area contributed by atoms with Crippen molar-refractivity contribution in [2.75, 3.05) is 7.11 Å². The molecular formula is C29H33BrClN9O2. The second-order valence-corrected chi connectivity index (χ2v) is 10.7. The smallest absolute Gasteiger partial charge is 0.356 e. The summed E-state index contributed by atoms with van der Waals surface area (Å²) < 4.78 is 5.47. The quantitative estimate of drug-likeness (QED) is 0.141. The standard InChI is InChI=1S/C11H13N3O2.C9H10BrN3.C9H10ClN3/c1-4-8-13-9-6(2)5-7(11(15)16-3)12-10(9)14-8;2*1-3-7-12-8-5(2)4-6(10)11-9(8)13-7/h5H,4H2,1-3H3,(H,12,13,14);2*4H,3H2,1-2H3,(H,11,12,13). The zero-order valence-electron chi connectivity index (χ0n) is 24.6. The molecule has 3 N–H and O–H groups in total. The number of fused-ring (bicyclic) bond motifs is 3. The first-order chi connectivity index (χ1) is 20.1. The van der Waals surface area contributed by atoms with Crippen LogP contribution < -0.4 is 0 Å². The van der Waals surface area contributed by atoms with Gasteiger partial charge in [-0.05, 0) is 71.6 Å². The van der Waals surface area contributed by atoms with Crippen molar-refractivity contribution in [3.05, 3.63) is 67.8 Å². The minimum absolute atomic E-state index is 0.293. The molecule has 11 nitrogen and oxygen atoms in total. The summed E-state index contributed by atoms with van der Waals surface area (Å²) in [6.07, 6.45) is 2.60. The number of aromatic nitrogens is 9. The number of nitrogens with zero attached hydrogens (tertiary/aromatic N) is 6. The van der Waals surface area contributed by atoms with Gasteiger partial charge in [-0.15, -0.1) is 0 Å². The first kappa shape index (κ1) is 31.0. The SMILES string of the molecule is CCc1nc2nc(Br)cc(C)c2[nH]1.CCc1nc2nc(C(=O)OC)cc(C)c2[nH]1.CCc1nc2nc(Cl)cc(C)c2[nH]1. The van der Waals surface area contributed by atoms with Crippen LogP contribution in [0.15, 0.2) is 22.8 Å². The van der Waals surface area contributed by atoms with E-state index in [-0.39, 0.29) is 0 Å². The first-order valence-corrected chi connectivity index (χ1v) is 14.7. The molecule has 0 atom stereocenters. The lowest BCUT2D eigenvalue weighted by atomic mass is 10.2. The Labute approximate surface area is 256 Å². The number of methoxy groups -OCH3 is 1. The Balaban J connectivity index is 0.000000146. The van der Waals surface area contributed by atoms with Gasteiger partial charge in [0.25, 0.3) is 0 Å². The number of rotatable bonds is 4. The summed E-state index contributed by atoms with van der Waals surface area (Å²) in [5.74, 6) is 2.37. The number of esters is 1. The average molecular weight is 655 g/mol. The number of imidazole rings is 3. The molecule has 6 rings (SSSR count). The van der Waals surface area contributed by atoms with Crippen molar-refractivity contribution in [2.45, 2.75) is 60.8 Å². The number of ether oxygens (including phenoxy) is 1. The highest BCUT2D eigenvalue weighted by atomic mass is 79.9.